The largest absolute Gasteiger partial charge is 0.416 e. The number of primary amides is 1. The molecule has 3 fully saturated rings. The Morgan fingerprint density at radius 2 is 1.75 bits per heavy atom. The van der Waals surface area contributed by atoms with Crippen molar-refractivity contribution in [1.29, 1.82) is 0 Å². The summed E-state index contributed by atoms with van der Waals surface area (Å²) in [5, 5.41) is 0. The van der Waals surface area contributed by atoms with Crippen LogP contribution in [0.4, 0.5) is 22.4 Å². The molecule has 0 aromatic heterocycles. The van der Waals surface area contributed by atoms with E-state index in [2.05, 4.69) is 0 Å². The number of rotatable bonds is 7. The molecule has 1 aromatic rings. The minimum atomic E-state index is -4.90. The molecule has 9 nitrogen and oxygen atoms in total. The number of nitrogens with two attached hydrogens (primary N) is 1. The molecule has 0 unspecified atom stereocenters. The van der Waals surface area contributed by atoms with Crippen LogP contribution in [-0.4, -0.2) is 83.9 Å². The number of methoxy groups -OCH3 is 1. The van der Waals surface area contributed by atoms with Crippen LogP contribution in [0.25, 0.3) is 0 Å². The van der Waals surface area contributed by atoms with Crippen molar-refractivity contribution in [3.63, 3.8) is 0 Å². The number of hydrogen-bond acceptors (Lipinski definition) is 5. The lowest BCUT2D eigenvalue weighted by Gasteiger charge is -2.45. The molecule has 220 valence electrons. The van der Waals surface area contributed by atoms with E-state index >= 15 is 4.39 Å². The number of likely N-dealkylation sites (N-methyl/N-ethyl adjacent to an activating group) is 1. The number of nitrogens with zero attached hydrogens (tertiary/aromatic N) is 3. The summed E-state index contributed by atoms with van der Waals surface area (Å²) < 4.78 is 61.4. The molecule has 0 radical (unpaired) electrons. The topological polar surface area (TPSA) is 113 Å². The van der Waals surface area contributed by atoms with E-state index in [-0.39, 0.29) is 43.9 Å². The molecular formula is C27H34F4N4O5. The Morgan fingerprint density at radius 3 is 2.25 bits per heavy atom. The molecule has 1 saturated carbocycles. The Morgan fingerprint density at radius 1 is 1.15 bits per heavy atom. The zero-order chi connectivity index (χ0) is 29.7. The number of carbonyl (C=O) groups excluding carboxylic acids is 4. The van der Waals surface area contributed by atoms with E-state index in [0.717, 1.165) is 17.7 Å². The second kappa shape index (κ2) is 10.6. The Bertz CT molecular complexity index is 1210. The highest BCUT2D eigenvalue weighted by atomic mass is 19.4. The quantitative estimate of drug-likeness (QED) is 0.399. The number of urea groups is 1. The van der Waals surface area contributed by atoms with Crippen LogP contribution in [0.15, 0.2) is 12.1 Å². The van der Waals surface area contributed by atoms with Crippen molar-refractivity contribution in [2.24, 2.45) is 17.6 Å². The molecule has 3 aliphatic rings. The fourth-order valence-corrected chi connectivity index (χ4v) is 6.18. The Balaban J connectivity index is 1.59. The van der Waals surface area contributed by atoms with Gasteiger partial charge >= 0.3 is 12.2 Å². The lowest BCUT2D eigenvalue weighted by molar-refractivity contribution is -0.142. The van der Waals surface area contributed by atoms with Gasteiger partial charge in [-0.2, -0.15) is 13.2 Å². The molecule has 4 rings (SSSR count). The highest BCUT2D eigenvalue weighted by Crippen LogP contribution is 2.42. The van der Waals surface area contributed by atoms with E-state index in [4.69, 9.17) is 10.5 Å². The standard InChI is InChI=1S/C27H34F4N4O5/c1-14(2)20(18-11-16(27(29,30)31)12-19(21(18)28)22(32)36)23(37)34-7-5-26(6-8-34)24(38)33(3)25(39)35(26)13-15-9-17(10-15)40-4/h11-12,14-15,17,20H,5-10,13H2,1-4H3,(H2,32,36)/t15?,17?,20-/m1/s1. The molecule has 0 bridgehead atoms. The van der Waals surface area contributed by atoms with Gasteiger partial charge in [0.15, 0.2) is 0 Å². The van der Waals surface area contributed by atoms with Crippen LogP contribution in [0.5, 0.6) is 0 Å². The first-order valence-corrected chi connectivity index (χ1v) is 13.2. The zero-order valence-corrected chi connectivity index (χ0v) is 22.9. The molecule has 5 amide bonds. The molecule has 2 saturated heterocycles. The van der Waals surface area contributed by atoms with Gasteiger partial charge in [-0.3, -0.25) is 19.3 Å². The molecule has 13 heteroatoms. The number of piperidine rings is 1. The minimum absolute atomic E-state index is 0.0417. The molecule has 1 atom stereocenters. The Kier molecular flexibility index (Phi) is 7.91. The van der Waals surface area contributed by atoms with Gasteiger partial charge in [0.1, 0.15) is 11.4 Å². The number of hydrogen-bond donors (Lipinski definition) is 1. The highest BCUT2D eigenvalue weighted by Gasteiger charge is 2.58. The summed E-state index contributed by atoms with van der Waals surface area (Å²) in [5.41, 5.74) is 1.24. The van der Waals surface area contributed by atoms with Crippen molar-refractivity contribution in [2.75, 3.05) is 33.8 Å². The number of benzene rings is 1. The molecule has 2 heterocycles. The van der Waals surface area contributed by atoms with Gasteiger partial charge in [-0.1, -0.05) is 13.8 Å². The smallest absolute Gasteiger partial charge is 0.381 e. The fraction of sp³-hybridized carbons (Fsp3) is 0.630. The Labute approximate surface area is 229 Å². The normalized spacial score (nSPS) is 23.7. The van der Waals surface area contributed by atoms with Crippen molar-refractivity contribution in [1.82, 2.24) is 14.7 Å². The lowest BCUT2D eigenvalue weighted by atomic mass is 9.79. The van der Waals surface area contributed by atoms with Gasteiger partial charge in [0, 0.05) is 39.4 Å². The van der Waals surface area contributed by atoms with Crippen LogP contribution in [0.2, 0.25) is 0 Å². The summed E-state index contributed by atoms with van der Waals surface area (Å²) in [4.78, 5) is 55.8. The average molecular weight is 571 g/mol. The van der Waals surface area contributed by atoms with Crippen LogP contribution in [0.3, 0.4) is 0 Å². The van der Waals surface area contributed by atoms with E-state index in [9.17, 15) is 32.3 Å². The molecule has 1 aliphatic carbocycles. The highest BCUT2D eigenvalue weighted by molar-refractivity contribution is 6.07. The third-order valence-electron chi connectivity index (χ3n) is 8.57. The molecule has 1 spiro atoms. The summed E-state index contributed by atoms with van der Waals surface area (Å²) in [6.07, 6.45) is -2.97. The van der Waals surface area contributed by atoms with Crippen molar-refractivity contribution in [2.45, 2.75) is 63.3 Å². The maximum atomic E-state index is 15.3. The van der Waals surface area contributed by atoms with Crippen molar-refractivity contribution >= 4 is 23.8 Å². The number of amides is 5. The Hall–Kier alpha value is -3.22. The zero-order valence-electron chi connectivity index (χ0n) is 22.9. The van der Waals surface area contributed by atoms with E-state index < -0.39 is 63.9 Å². The number of ether oxygens (including phenoxy) is 1. The van der Waals surface area contributed by atoms with Crippen molar-refractivity contribution < 1.29 is 41.5 Å². The lowest BCUT2D eigenvalue weighted by Crippen LogP contribution is -2.59. The summed E-state index contributed by atoms with van der Waals surface area (Å²) in [6, 6.07) is 0.492. The minimum Gasteiger partial charge on any atom is -0.381 e. The number of halogens is 4. The number of likely N-dealkylation sites (tertiary alicyclic amines) is 1. The van der Waals surface area contributed by atoms with Crippen LogP contribution < -0.4 is 5.73 Å². The summed E-state index contributed by atoms with van der Waals surface area (Å²) in [5.74, 6) is -5.42. The van der Waals surface area contributed by atoms with Gasteiger partial charge in [0.05, 0.1) is 23.1 Å². The van der Waals surface area contributed by atoms with Crippen LogP contribution >= 0.6 is 0 Å². The number of carbonyl (C=O) groups is 4. The first kappa shape index (κ1) is 29.8. The molecular weight excluding hydrogens is 536 g/mol. The molecule has 40 heavy (non-hydrogen) atoms. The van der Waals surface area contributed by atoms with Gasteiger partial charge in [-0.25, -0.2) is 9.18 Å². The molecule has 2 aliphatic heterocycles. The summed E-state index contributed by atoms with van der Waals surface area (Å²) >= 11 is 0. The van der Waals surface area contributed by atoms with E-state index in [1.165, 1.54) is 11.9 Å². The third-order valence-corrected chi connectivity index (χ3v) is 8.57. The maximum Gasteiger partial charge on any atom is 0.416 e. The van der Waals surface area contributed by atoms with Gasteiger partial charge in [-0.05, 0) is 49.7 Å². The SMILES string of the molecule is COC1CC(CN2C(=O)N(C)C(=O)C23CCN(C(=O)[C@@H](c2cc(C(F)(F)F)cc(C(N)=O)c2F)C(C)C)CC3)C1. The predicted molar refractivity (Wildman–Crippen MR) is 134 cm³/mol. The van der Waals surface area contributed by atoms with Gasteiger partial charge in [0.25, 0.3) is 11.8 Å². The number of alkyl halides is 3. The van der Waals surface area contributed by atoms with E-state index in [1.807, 2.05) is 0 Å². The van der Waals surface area contributed by atoms with Crippen LogP contribution in [0.1, 0.15) is 66.9 Å². The van der Waals surface area contributed by atoms with Gasteiger partial charge in [0.2, 0.25) is 5.91 Å². The fourth-order valence-electron chi connectivity index (χ4n) is 6.18. The molecule has 1 aromatic carbocycles. The average Bonchev–Trinajstić information content (AvgIpc) is 3.02. The monoisotopic (exact) mass is 570 g/mol. The first-order chi connectivity index (χ1) is 18.6. The summed E-state index contributed by atoms with van der Waals surface area (Å²) in [6.45, 7) is 3.60. The molecule has 2 N–H and O–H groups in total. The first-order valence-electron chi connectivity index (χ1n) is 13.2. The van der Waals surface area contributed by atoms with E-state index in [0.29, 0.717) is 18.7 Å². The van der Waals surface area contributed by atoms with Gasteiger partial charge < -0.3 is 20.3 Å². The maximum absolute atomic E-state index is 15.3. The summed E-state index contributed by atoms with van der Waals surface area (Å²) in [7, 11) is 3.04. The number of imide groups is 1. The predicted octanol–water partition coefficient (Wildman–Crippen LogP) is 3.36. The third kappa shape index (κ3) is 5.04. The van der Waals surface area contributed by atoms with Gasteiger partial charge in [-0.15, -0.1) is 0 Å². The second-order valence-electron chi connectivity index (χ2n) is 11.3. The van der Waals surface area contributed by atoms with Crippen LogP contribution in [-0.2, 0) is 20.5 Å². The second-order valence-corrected chi connectivity index (χ2v) is 11.3. The van der Waals surface area contributed by atoms with Crippen molar-refractivity contribution in [3.05, 3.63) is 34.6 Å². The van der Waals surface area contributed by atoms with Crippen LogP contribution in [0, 0.1) is 17.7 Å². The van der Waals surface area contributed by atoms with E-state index in [1.54, 1.807) is 25.9 Å². The van der Waals surface area contributed by atoms with Crippen molar-refractivity contribution in [3.8, 4) is 0 Å².